The van der Waals surface area contributed by atoms with Gasteiger partial charge in [-0.3, -0.25) is 0 Å². The maximum Gasteiger partial charge on any atom is 0.416 e. The van der Waals surface area contributed by atoms with Crippen LogP contribution < -0.4 is 4.74 Å². The lowest BCUT2D eigenvalue weighted by Crippen LogP contribution is -2.14. The Morgan fingerprint density at radius 3 is 1.97 bits per heavy atom. The van der Waals surface area contributed by atoms with Gasteiger partial charge in [-0.1, -0.05) is 72.3 Å². The van der Waals surface area contributed by atoms with E-state index >= 15 is 0 Å². The van der Waals surface area contributed by atoms with Crippen LogP contribution in [0.4, 0.5) is 26.3 Å². The molecule has 3 aromatic carbocycles. The fourth-order valence-electron chi connectivity index (χ4n) is 4.55. The van der Waals surface area contributed by atoms with Crippen molar-refractivity contribution in [3.8, 4) is 5.75 Å². The Hall–Kier alpha value is -3.48. The molecule has 2 atom stereocenters. The van der Waals surface area contributed by atoms with E-state index < -0.39 is 29.4 Å². The van der Waals surface area contributed by atoms with Gasteiger partial charge in [-0.25, -0.2) is 0 Å². The quantitative estimate of drug-likeness (QED) is 0.327. The number of alkyl halides is 6. The first-order chi connectivity index (χ1) is 16.6. The van der Waals surface area contributed by atoms with Crippen molar-refractivity contribution in [3.05, 3.63) is 118 Å². The highest BCUT2D eigenvalue weighted by Gasteiger charge is 2.39. The van der Waals surface area contributed by atoms with Gasteiger partial charge >= 0.3 is 12.4 Å². The van der Waals surface area contributed by atoms with Crippen molar-refractivity contribution in [1.82, 2.24) is 0 Å². The first-order valence-electron chi connectivity index (χ1n) is 10.9. The lowest BCUT2D eigenvalue weighted by molar-refractivity contribution is -0.139. The number of hydrogen-bond acceptors (Lipinski definition) is 1. The molecule has 35 heavy (non-hydrogen) atoms. The zero-order valence-electron chi connectivity index (χ0n) is 18.7. The van der Waals surface area contributed by atoms with Crippen molar-refractivity contribution in [2.24, 2.45) is 0 Å². The number of halogens is 6. The molecule has 182 valence electrons. The maximum absolute atomic E-state index is 13.8. The van der Waals surface area contributed by atoms with Gasteiger partial charge in [0.15, 0.2) is 0 Å². The van der Waals surface area contributed by atoms with Gasteiger partial charge in [0.1, 0.15) is 5.75 Å². The molecular weight excluding hydrogens is 466 g/mol. The van der Waals surface area contributed by atoms with Crippen molar-refractivity contribution in [2.45, 2.75) is 30.6 Å². The largest absolute Gasteiger partial charge is 0.497 e. The Morgan fingerprint density at radius 1 is 0.743 bits per heavy atom. The van der Waals surface area contributed by atoms with Gasteiger partial charge in [0.05, 0.1) is 18.2 Å². The van der Waals surface area contributed by atoms with Gasteiger partial charge in [-0.05, 0) is 53.3 Å². The van der Waals surface area contributed by atoms with Crippen molar-refractivity contribution in [1.29, 1.82) is 0 Å². The number of benzene rings is 3. The molecule has 0 saturated carbocycles. The molecule has 0 heterocycles. The highest BCUT2D eigenvalue weighted by Crippen LogP contribution is 2.48. The first kappa shape index (κ1) is 24.6. The molecule has 0 saturated heterocycles. The molecule has 1 aliphatic carbocycles. The third kappa shape index (κ3) is 5.45. The molecule has 0 bridgehead atoms. The summed E-state index contributed by atoms with van der Waals surface area (Å²) >= 11 is 0. The van der Waals surface area contributed by atoms with Gasteiger partial charge in [0.25, 0.3) is 0 Å². The Bertz CT molecular complexity index is 1240. The van der Waals surface area contributed by atoms with E-state index in [-0.39, 0.29) is 23.5 Å². The fraction of sp³-hybridized carbons (Fsp3) is 0.214. The Morgan fingerprint density at radius 2 is 1.34 bits per heavy atom. The number of hydrogen-bond donors (Lipinski definition) is 0. The zero-order valence-corrected chi connectivity index (χ0v) is 18.7. The number of ether oxygens (including phenoxy) is 1. The summed E-state index contributed by atoms with van der Waals surface area (Å²) in [6.07, 6.45) is -3.99. The molecule has 0 spiro atoms. The second-order valence-electron chi connectivity index (χ2n) is 8.35. The molecular formula is C28H22F6O. The third-order valence-corrected chi connectivity index (χ3v) is 6.19. The molecule has 0 aromatic heterocycles. The highest BCUT2D eigenvalue weighted by atomic mass is 19.4. The number of methoxy groups -OCH3 is 1. The van der Waals surface area contributed by atoms with Gasteiger partial charge in [0, 0.05) is 5.92 Å². The summed E-state index contributed by atoms with van der Waals surface area (Å²) < 4.78 is 86.7. The predicted octanol–water partition coefficient (Wildman–Crippen LogP) is 8.64. The summed E-state index contributed by atoms with van der Waals surface area (Å²) in [6.45, 7) is 0. The van der Waals surface area contributed by atoms with E-state index in [1.165, 1.54) is 43.5 Å². The molecule has 0 N–H and O–H groups in total. The minimum absolute atomic E-state index is 0.000962. The molecule has 0 unspecified atom stereocenters. The van der Waals surface area contributed by atoms with Crippen LogP contribution in [0.2, 0.25) is 0 Å². The van der Waals surface area contributed by atoms with E-state index in [2.05, 4.69) is 0 Å². The lowest BCUT2D eigenvalue weighted by atomic mass is 9.81. The summed E-state index contributed by atoms with van der Waals surface area (Å²) in [7, 11) is 1.52. The van der Waals surface area contributed by atoms with Crippen molar-refractivity contribution in [3.63, 3.8) is 0 Å². The molecule has 7 heteroatoms. The zero-order chi connectivity index (χ0) is 25.2. The van der Waals surface area contributed by atoms with Crippen LogP contribution in [0, 0.1) is 0 Å². The van der Waals surface area contributed by atoms with Crippen LogP contribution in [-0.2, 0) is 12.4 Å². The second-order valence-corrected chi connectivity index (χ2v) is 8.35. The highest BCUT2D eigenvalue weighted by molar-refractivity contribution is 5.59. The van der Waals surface area contributed by atoms with Crippen LogP contribution in [-0.4, -0.2) is 7.11 Å². The normalized spacial score (nSPS) is 18.7. The van der Waals surface area contributed by atoms with Crippen LogP contribution in [0.5, 0.6) is 5.75 Å². The maximum atomic E-state index is 13.8. The molecule has 0 fully saturated rings. The molecule has 4 rings (SSSR count). The minimum atomic E-state index is -4.52. The van der Waals surface area contributed by atoms with Crippen LogP contribution in [0.25, 0.3) is 6.08 Å². The van der Waals surface area contributed by atoms with E-state index in [1.54, 1.807) is 36.4 Å². The van der Waals surface area contributed by atoms with Gasteiger partial charge < -0.3 is 4.74 Å². The fourth-order valence-corrected chi connectivity index (χ4v) is 4.55. The molecule has 0 radical (unpaired) electrons. The number of rotatable bonds is 5. The topological polar surface area (TPSA) is 9.23 Å². The summed E-state index contributed by atoms with van der Waals surface area (Å²) in [4.78, 5) is 0. The van der Waals surface area contributed by atoms with E-state index in [9.17, 15) is 26.3 Å². The van der Waals surface area contributed by atoms with Gasteiger partial charge in [-0.15, -0.1) is 0 Å². The smallest absolute Gasteiger partial charge is 0.416 e. The monoisotopic (exact) mass is 488 g/mol. The Kier molecular flexibility index (Phi) is 6.79. The van der Waals surface area contributed by atoms with Gasteiger partial charge in [-0.2, -0.15) is 26.3 Å². The lowest BCUT2D eigenvalue weighted by Gasteiger charge is -2.24. The summed E-state index contributed by atoms with van der Waals surface area (Å²) in [5, 5.41) is 0. The summed E-state index contributed by atoms with van der Waals surface area (Å²) in [6, 6.07) is 17.7. The van der Waals surface area contributed by atoms with Gasteiger partial charge in [0.2, 0.25) is 0 Å². The summed E-state index contributed by atoms with van der Waals surface area (Å²) in [5.74, 6) is -0.299. The summed E-state index contributed by atoms with van der Waals surface area (Å²) in [5.41, 5.74) is 0.166. The minimum Gasteiger partial charge on any atom is -0.497 e. The van der Waals surface area contributed by atoms with Crippen LogP contribution >= 0.6 is 0 Å². The van der Waals surface area contributed by atoms with Crippen molar-refractivity contribution in [2.75, 3.05) is 7.11 Å². The van der Waals surface area contributed by atoms with E-state index in [0.29, 0.717) is 11.3 Å². The average molecular weight is 488 g/mol. The van der Waals surface area contributed by atoms with Crippen LogP contribution in [0.1, 0.15) is 46.1 Å². The predicted molar refractivity (Wildman–Crippen MR) is 123 cm³/mol. The van der Waals surface area contributed by atoms with E-state index in [1.807, 2.05) is 6.08 Å². The van der Waals surface area contributed by atoms with Crippen molar-refractivity contribution < 1.29 is 31.1 Å². The van der Waals surface area contributed by atoms with E-state index in [0.717, 1.165) is 17.7 Å². The van der Waals surface area contributed by atoms with E-state index in [4.69, 9.17) is 4.74 Å². The average Bonchev–Trinajstić information content (AvgIpc) is 3.26. The molecule has 1 aliphatic rings. The van der Waals surface area contributed by atoms with Crippen LogP contribution in [0.15, 0.2) is 90.5 Å². The third-order valence-electron chi connectivity index (χ3n) is 6.19. The molecule has 0 amide bonds. The Balaban J connectivity index is 1.74. The second kappa shape index (κ2) is 9.64. The first-order valence-corrected chi connectivity index (χ1v) is 10.9. The van der Waals surface area contributed by atoms with Crippen LogP contribution in [0.3, 0.4) is 0 Å². The standard InChI is InChI=1S/C28H22F6O/c1-35-21-14-12-19(13-15-21)23-16-18(10-11-20-6-2-4-8-25(20)27(29,30)31)17-24(23)22-7-3-5-9-26(22)28(32,33)34/h2-16,23-24H,17H2,1H3/b11-10+/t23-,24-/m1/s1. The molecule has 0 aliphatic heterocycles. The molecule has 3 aromatic rings. The van der Waals surface area contributed by atoms with Crippen molar-refractivity contribution >= 4 is 6.08 Å². The molecule has 1 nitrogen and oxygen atoms in total. The SMILES string of the molecule is COc1ccc([C@H]2C=C(/C=C/c3ccccc3C(F)(F)F)C[C@@H]2c2ccccc2C(F)(F)F)cc1. The Labute approximate surface area is 199 Å². The number of allylic oxidation sites excluding steroid dienone is 3.